The average Bonchev–Trinajstić information content (AvgIpc) is 2.57. The van der Waals surface area contributed by atoms with Gasteiger partial charge in [-0.25, -0.2) is 0 Å². The Morgan fingerprint density at radius 2 is 2.08 bits per heavy atom. The zero-order chi connectivity index (χ0) is 18.5. The second-order valence-corrected chi connectivity index (χ2v) is 7.89. The molecule has 148 valence electrons. The molecule has 2 atom stereocenters. The van der Waals surface area contributed by atoms with Crippen molar-refractivity contribution >= 4 is 5.96 Å². The van der Waals surface area contributed by atoms with Crippen LogP contribution in [0.1, 0.15) is 66.2 Å². The van der Waals surface area contributed by atoms with Gasteiger partial charge in [-0.1, -0.05) is 20.3 Å². The Bertz CT molecular complexity index is 360. The Labute approximate surface area is 155 Å². The molecule has 0 spiro atoms. The van der Waals surface area contributed by atoms with Crippen LogP contribution in [0.3, 0.4) is 0 Å². The highest BCUT2D eigenvalue weighted by Crippen LogP contribution is 2.16. The lowest BCUT2D eigenvalue weighted by molar-refractivity contribution is 0.159. The fraction of sp³-hybridized carbons (Fsp3) is 0.950. The maximum Gasteiger partial charge on any atom is 0.191 e. The number of rotatable bonds is 11. The summed E-state index contributed by atoms with van der Waals surface area (Å²) >= 11 is 0. The van der Waals surface area contributed by atoms with Crippen molar-refractivity contribution in [3.8, 4) is 0 Å². The monoisotopic (exact) mass is 354 g/mol. The zero-order valence-corrected chi connectivity index (χ0v) is 17.1. The van der Waals surface area contributed by atoms with Crippen LogP contribution in [0.15, 0.2) is 4.99 Å². The van der Waals surface area contributed by atoms with Crippen LogP contribution in [0.4, 0.5) is 0 Å². The number of hydrogen-bond donors (Lipinski definition) is 3. The summed E-state index contributed by atoms with van der Waals surface area (Å²) in [7, 11) is 0. The van der Waals surface area contributed by atoms with E-state index in [0.29, 0.717) is 11.8 Å². The fourth-order valence-corrected chi connectivity index (χ4v) is 3.67. The minimum absolute atomic E-state index is 0.255. The van der Waals surface area contributed by atoms with Gasteiger partial charge in [0.15, 0.2) is 5.96 Å². The molecule has 1 aliphatic rings. The number of piperidine rings is 1. The summed E-state index contributed by atoms with van der Waals surface area (Å²) in [6.45, 7) is 14.2. The van der Waals surface area contributed by atoms with Gasteiger partial charge < -0.3 is 20.6 Å². The maximum absolute atomic E-state index is 9.25. The summed E-state index contributed by atoms with van der Waals surface area (Å²) in [5.74, 6) is 2.03. The largest absolute Gasteiger partial charge is 0.396 e. The molecular formula is C20H42N4O. The first kappa shape index (κ1) is 22.2. The van der Waals surface area contributed by atoms with Gasteiger partial charge >= 0.3 is 0 Å². The average molecular weight is 355 g/mol. The highest BCUT2D eigenvalue weighted by molar-refractivity contribution is 5.79. The lowest BCUT2D eigenvalue weighted by Gasteiger charge is -2.33. The summed E-state index contributed by atoms with van der Waals surface area (Å²) < 4.78 is 0. The number of likely N-dealkylation sites (tertiary alicyclic amines) is 1. The van der Waals surface area contributed by atoms with E-state index >= 15 is 0 Å². The highest BCUT2D eigenvalue weighted by atomic mass is 16.3. The van der Waals surface area contributed by atoms with Gasteiger partial charge in [0, 0.05) is 38.8 Å². The topological polar surface area (TPSA) is 59.9 Å². The molecule has 0 radical (unpaired) electrons. The minimum atomic E-state index is 0.255. The van der Waals surface area contributed by atoms with Crippen molar-refractivity contribution < 1.29 is 5.11 Å². The molecule has 0 aliphatic carbocycles. The third-order valence-electron chi connectivity index (χ3n) is 5.05. The molecule has 1 fully saturated rings. The van der Waals surface area contributed by atoms with Crippen LogP contribution >= 0.6 is 0 Å². The van der Waals surface area contributed by atoms with Gasteiger partial charge in [-0.3, -0.25) is 4.99 Å². The van der Waals surface area contributed by atoms with E-state index in [9.17, 15) is 5.11 Å². The van der Waals surface area contributed by atoms with Crippen molar-refractivity contribution in [3.63, 3.8) is 0 Å². The van der Waals surface area contributed by atoms with Gasteiger partial charge in [0.1, 0.15) is 0 Å². The van der Waals surface area contributed by atoms with Crippen molar-refractivity contribution in [1.29, 1.82) is 0 Å². The predicted molar refractivity (Wildman–Crippen MR) is 108 cm³/mol. The standard InChI is InChI=1S/C20H42N4O/c1-5-21-20(23-16-19(10-14-25)15-17(2)3)22-11-8-13-24-12-7-6-9-18(24)4/h17-19,25H,5-16H2,1-4H3,(H2,21,22,23). The van der Waals surface area contributed by atoms with Crippen LogP contribution < -0.4 is 10.6 Å². The Morgan fingerprint density at radius 1 is 1.28 bits per heavy atom. The molecule has 1 heterocycles. The van der Waals surface area contributed by atoms with E-state index in [4.69, 9.17) is 4.99 Å². The van der Waals surface area contributed by atoms with Crippen LogP contribution in [0.5, 0.6) is 0 Å². The van der Waals surface area contributed by atoms with Crippen molar-refractivity contribution in [3.05, 3.63) is 0 Å². The van der Waals surface area contributed by atoms with Crippen LogP contribution in [0.25, 0.3) is 0 Å². The van der Waals surface area contributed by atoms with Gasteiger partial charge in [0.05, 0.1) is 0 Å². The highest BCUT2D eigenvalue weighted by Gasteiger charge is 2.17. The first-order valence-electron chi connectivity index (χ1n) is 10.4. The molecule has 1 saturated heterocycles. The summed E-state index contributed by atoms with van der Waals surface area (Å²) in [5.41, 5.74) is 0. The van der Waals surface area contributed by atoms with Crippen LogP contribution in [0, 0.1) is 11.8 Å². The van der Waals surface area contributed by atoms with E-state index in [-0.39, 0.29) is 6.61 Å². The Balaban J connectivity index is 2.35. The molecule has 1 rings (SSSR count). The number of aliphatic imine (C=N–C) groups is 1. The molecule has 5 nitrogen and oxygen atoms in total. The van der Waals surface area contributed by atoms with E-state index in [1.165, 1.54) is 32.4 Å². The number of hydrogen-bond acceptors (Lipinski definition) is 3. The van der Waals surface area contributed by atoms with E-state index < -0.39 is 0 Å². The number of nitrogens with one attached hydrogen (secondary N) is 2. The third kappa shape index (κ3) is 10.0. The van der Waals surface area contributed by atoms with E-state index in [1.807, 2.05) is 0 Å². The van der Waals surface area contributed by atoms with Gasteiger partial charge in [-0.15, -0.1) is 0 Å². The van der Waals surface area contributed by atoms with E-state index in [1.54, 1.807) is 0 Å². The predicted octanol–water partition coefficient (Wildman–Crippen LogP) is 2.85. The smallest absolute Gasteiger partial charge is 0.191 e. The number of aliphatic hydroxyl groups excluding tert-OH is 1. The third-order valence-corrected chi connectivity index (χ3v) is 5.05. The normalized spacial score (nSPS) is 20.7. The number of aliphatic hydroxyl groups is 1. The van der Waals surface area contributed by atoms with Crippen molar-refractivity contribution in [1.82, 2.24) is 15.5 Å². The first-order valence-corrected chi connectivity index (χ1v) is 10.4. The van der Waals surface area contributed by atoms with Crippen molar-refractivity contribution in [2.24, 2.45) is 16.8 Å². The number of guanidine groups is 1. The molecule has 0 aromatic heterocycles. The molecule has 1 aliphatic heterocycles. The van der Waals surface area contributed by atoms with Crippen molar-refractivity contribution in [2.45, 2.75) is 72.3 Å². The first-order chi connectivity index (χ1) is 12.1. The molecule has 0 bridgehead atoms. The van der Waals surface area contributed by atoms with Gasteiger partial charge in [-0.2, -0.15) is 0 Å². The fourth-order valence-electron chi connectivity index (χ4n) is 3.67. The number of nitrogens with zero attached hydrogens (tertiary/aromatic N) is 2. The molecule has 0 amide bonds. The molecule has 3 N–H and O–H groups in total. The maximum atomic E-state index is 9.25. The summed E-state index contributed by atoms with van der Waals surface area (Å²) in [4.78, 5) is 7.37. The van der Waals surface area contributed by atoms with E-state index in [0.717, 1.165) is 50.9 Å². The van der Waals surface area contributed by atoms with Crippen LogP contribution in [-0.4, -0.2) is 61.3 Å². The summed E-state index contributed by atoms with van der Waals surface area (Å²) in [6, 6.07) is 0.742. The molecule has 2 unspecified atom stereocenters. The lowest BCUT2D eigenvalue weighted by Crippen LogP contribution is -2.41. The Kier molecular flexibility index (Phi) is 11.9. The summed E-state index contributed by atoms with van der Waals surface area (Å²) in [5, 5.41) is 16.1. The summed E-state index contributed by atoms with van der Waals surface area (Å²) in [6.07, 6.45) is 7.20. The second-order valence-electron chi connectivity index (χ2n) is 7.89. The Hall–Kier alpha value is -0.810. The van der Waals surface area contributed by atoms with Crippen LogP contribution in [-0.2, 0) is 0 Å². The van der Waals surface area contributed by atoms with Gasteiger partial charge in [-0.05, 0) is 64.3 Å². The van der Waals surface area contributed by atoms with Crippen LogP contribution in [0.2, 0.25) is 0 Å². The molecule has 0 saturated carbocycles. The molecule has 25 heavy (non-hydrogen) atoms. The zero-order valence-electron chi connectivity index (χ0n) is 17.1. The van der Waals surface area contributed by atoms with Gasteiger partial charge in [0.25, 0.3) is 0 Å². The van der Waals surface area contributed by atoms with Crippen molar-refractivity contribution in [2.75, 3.05) is 39.3 Å². The van der Waals surface area contributed by atoms with Gasteiger partial charge in [0.2, 0.25) is 0 Å². The minimum Gasteiger partial charge on any atom is -0.396 e. The SMILES string of the molecule is CCNC(=NCC(CCO)CC(C)C)NCCCN1CCCCC1C. The quantitative estimate of drug-likeness (QED) is 0.303. The molecular weight excluding hydrogens is 312 g/mol. The molecule has 0 aromatic rings. The van der Waals surface area contributed by atoms with E-state index in [2.05, 4.69) is 43.2 Å². The Morgan fingerprint density at radius 3 is 2.72 bits per heavy atom. The second kappa shape index (κ2) is 13.4. The molecule has 5 heteroatoms. The molecule has 0 aromatic carbocycles. The lowest BCUT2D eigenvalue weighted by atomic mass is 9.94.